The molecule has 3 rings (SSSR count). The van der Waals surface area contributed by atoms with Crippen LogP contribution in [0.25, 0.3) is 16.6 Å². The van der Waals surface area contributed by atoms with Crippen molar-refractivity contribution in [3.8, 4) is 11.4 Å². The molecule has 0 aliphatic rings. The summed E-state index contributed by atoms with van der Waals surface area (Å²) >= 11 is 0. The van der Waals surface area contributed by atoms with Crippen LogP contribution in [0.2, 0.25) is 0 Å². The maximum absolute atomic E-state index is 13.6. The summed E-state index contributed by atoms with van der Waals surface area (Å²) in [7, 11) is 1.50. The number of aromatic nitrogens is 2. The summed E-state index contributed by atoms with van der Waals surface area (Å²) < 4.78 is 6.85. The van der Waals surface area contributed by atoms with E-state index >= 15 is 0 Å². The van der Waals surface area contributed by atoms with Gasteiger partial charge in [0.05, 0.1) is 24.4 Å². The molecule has 1 atom stereocenters. The molecule has 0 radical (unpaired) electrons. The minimum Gasteiger partial charge on any atom is -0.496 e. The van der Waals surface area contributed by atoms with Crippen molar-refractivity contribution in [3.05, 3.63) is 64.7 Å². The third-order valence-electron chi connectivity index (χ3n) is 4.81. The van der Waals surface area contributed by atoms with Gasteiger partial charge in [0.2, 0.25) is 0 Å². The van der Waals surface area contributed by atoms with E-state index in [0.717, 1.165) is 0 Å². The number of rotatable bonds is 4. The van der Waals surface area contributed by atoms with Crippen LogP contribution in [0.4, 0.5) is 4.79 Å². The first-order valence-corrected chi connectivity index (χ1v) is 9.34. The summed E-state index contributed by atoms with van der Waals surface area (Å²) in [5.41, 5.74) is 0.0784. The van der Waals surface area contributed by atoms with Crippen LogP contribution in [0, 0.1) is 0 Å². The Bertz CT molecular complexity index is 1100. The summed E-state index contributed by atoms with van der Waals surface area (Å²) in [5, 5.41) is 10.2. The monoisotopic (exact) mass is 395 g/mol. The van der Waals surface area contributed by atoms with Crippen molar-refractivity contribution in [3.63, 3.8) is 0 Å². The van der Waals surface area contributed by atoms with Crippen molar-refractivity contribution < 1.29 is 14.6 Å². The van der Waals surface area contributed by atoms with Crippen molar-refractivity contribution >= 4 is 17.0 Å². The zero-order valence-electron chi connectivity index (χ0n) is 17.2. The molecule has 0 fully saturated rings. The van der Waals surface area contributed by atoms with Gasteiger partial charge in [-0.1, -0.05) is 24.3 Å². The Morgan fingerprint density at radius 2 is 1.79 bits per heavy atom. The Balaban J connectivity index is 2.40. The van der Waals surface area contributed by atoms with Gasteiger partial charge < -0.3 is 9.84 Å². The molecular weight excluding hydrogens is 370 g/mol. The Hall–Kier alpha value is -3.35. The van der Waals surface area contributed by atoms with Crippen LogP contribution in [-0.4, -0.2) is 38.3 Å². The second-order valence-electron chi connectivity index (χ2n) is 7.80. The van der Waals surface area contributed by atoms with E-state index in [2.05, 4.69) is 0 Å². The first kappa shape index (κ1) is 20.4. The summed E-state index contributed by atoms with van der Waals surface area (Å²) in [5.74, 6) is 0.772. The number of carbonyl (C=O) groups is 1. The summed E-state index contributed by atoms with van der Waals surface area (Å²) in [6.07, 6.45) is -1.08. The number of amides is 1. The van der Waals surface area contributed by atoms with E-state index in [-0.39, 0.29) is 5.56 Å². The second kappa shape index (κ2) is 7.58. The third-order valence-corrected chi connectivity index (χ3v) is 4.81. The van der Waals surface area contributed by atoms with Crippen molar-refractivity contribution in [1.82, 2.24) is 14.5 Å². The summed E-state index contributed by atoms with van der Waals surface area (Å²) in [6.45, 7) is 7.18. The molecule has 29 heavy (non-hydrogen) atoms. The number of methoxy groups -OCH3 is 1. The van der Waals surface area contributed by atoms with Gasteiger partial charge in [-0.05, 0) is 52.0 Å². The predicted molar refractivity (Wildman–Crippen MR) is 112 cm³/mol. The Morgan fingerprint density at radius 3 is 2.34 bits per heavy atom. The number of nitrogens with zero attached hydrogens (tertiary/aromatic N) is 3. The summed E-state index contributed by atoms with van der Waals surface area (Å²) in [6, 6.07) is 13.6. The molecule has 0 bridgehead atoms. The van der Waals surface area contributed by atoms with Gasteiger partial charge in [0.25, 0.3) is 5.56 Å². The number of hydrogen-bond acceptors (Lipinski definition) is 4. The molecule has 1 unspecified atom stereocenters. The van der Waals surface area contributed by atoms with Crippen LogP contribution in [0.15, 0.2) is 53.3 Å². The van der Waals surface area contributed by atoms with Crippen LogP contribution in [0.3, 0.4) is 0 Å². The maximum atomic E-state index is 13.6. The fourth-order valence-electron chi connectivity index (χ4n) is 3.64. The van der Waals surface area contributed by atoms with Crippen LogP contribution in [0.1, 0.15) is 39.6 Å². The van der Waals surface area contributed by atoms with Crippen LogP contribution in [0.5, 0.6) is 5.75 Å². The number of ether oxygens (including phenoxy) is 1. The lowest BCUT2D eigenvalue weighted by molar-refractivity contribution is 0.0719. The van der Waals surface area contributed by atoms with Gasteiger partial charge in [0.1, 0.15) is 17.0 Å². The molecule has 7 nitrogen and oxygen atoms in total. The fraction of sp³-hybridized carbons (Fsp3) is 0.318. The van der Waals surface area contributed by atoms with E-state index in [9.17, 15) is 14.7 Å². The highest BCUT2D eigenvalue weighted by molar-refractivity contribution is 5.84. The normalized spacial score (nSPS) is 12.6. The number of carboxylic acid groups (broad SMARTS) is 1. The zero-order valence-corrected chi connectivity index (χ0v) is 17.2. The van der Waals surface area contributed by atoms with E-state index in [4.69, 9.17) is 9.72 Å². The van der Waals surface area contributed by atoms with Gasteiger partial charge in [-0.2, -0.15) is 0 Å². The highest BCUT2D eigenvalue weighted by Gasteiger charge is 2.34. The molecular formula is C22H25N3O4. The molecule has 0 saturated heterocycles. The first-order chi connectivity index (χ1) is 13.7. The molecule has 3 aromatic rings. The van der Waals surface area contributed by atoms with Crippen molar-refractivity contribution in [2.45, 2.75) is 39.3 Å². The molecule has 1 heterocycles. The topological polar surface area (TPSA) is 84.7 Å². The Morgan fingerprint density at radius 1 is 1.14 bits per heavy atom. The average Bonchev–Trinajstić information content (AvgIpc) is 2.66. The van der Waals surface area contributed by atoms with Crippen molar-refractivity contribution in [2.75, 3.05) is 7.11 Å². The molecule has 0 saturated carbocycles. The molecule has 0 spiro atoms. The van der Waals surface area contributed by atoms with E-state index in [1.54, 1.807) is 37.3 Å². The first-order valence-electron chi connectivity index (χ1n) is 9.34. The maximum Gasteiger partial charge on any atom is 0.408 e. The van der Waals surface area contributed by atoms with Gasteiger partial charge in [-0.3, -0.25) is 14.3 Å². The third kappa shape index (κ3) is 3.68. The number of fused-ring (bicyclic) bond motifs is 1. The van der Waals surface area contributed by atoms with Gasteiger partial charge in [-0.15, -0.1) is 0 Å². The second-order valence-corrected chi connectivity index (χ2v) is 7.80. The molecule has 152 valence electrons. The average molecular weight is 395 g/mol. The quantitative estimate of drug-likeness (QED) is 0.714. The minimum atomic E-state index is -1.08. The van der Waals surface area contributed by atoms with Crippen LogP contribution in [-0.2, 0) is 0 Å². The molecule has 7 heteroatoms. The van der Waals surface area contributed by atoms with E-state index in [1.807, 2.05) is 39.0 Å². The van der Waals surface area contributed by atoms with Crippen molar-refractivity contribution in [2.24, 2.45) is 0 Å². The SMILES string of the molecule is COc1cccc2nc(C(C)N(C(=O)O)C(C)(C)C)n(-c3ccccc3)c(=O)c12. The van der Waals surface area contributed by atoms with E-state index < -0.39 is 17.7 Å². The largest absolute Gasteiger partial charge is 0.496 e. The molecule has 1 amide bonds. The number of para-hydroxylation sites is 1. The molecule has 0 aliphatic carbocycles. The molecule has 0 aliphatic heterocycles. The molecule has 1 N–H and O–H groups in total. The van der Waals surface area contributed by atoms with E-state index in [0.29, 0.717) is 28.2 Å². The van der Waals surface area contributed by atoms with Gasteiger partial charge in [-0.25, -0.2) is 9.78 Å². The zero-order chi connectivity index (χ0) is 21.3. The van der Waals surface area contributed by atoms with E-state index in [1.165, 1.54) is 16.6 Å². The van der Waals surface area contributed by atoms with Crippen LogP contribution < -0.4 is 10.3 Å². The molecule has 2 aromatic carbocycles. The van der Waals surface area contributed by atoms with Gasteiger partial charge in [0, 0.05) is 5.54 Å². The lowest BCUT2D eigenvalue weighted by Gasteiger charge is -2.38. The van der Waals surface area contributed by atoms with Gasteiger partial charge >= 0.3 is 6.09 Å². The Kier molecular flexibility index (Phi) is 5.33. The highest BCUT2D eigenvalue weighted by atomic mass is 16.5. The Labute approximate surface area is 169 Å². The number of hydrogen-bond donors (Lipinski definition) is 1. The predicted octanol–water partition coefficient (Wildman–Crippen LogP) is 4.23. The molecule has 1 aromatic heterocycles. The smallest absolute Gasteiger partial charge is 0.408 e. The number of benzene rings is 2. The standard InChI is InChI=1S/C22H25N3O4/c1-14(25(21(27)28)22(2,3)4)19-23-16-12-9-13-17(29-5)18(16)20(26)24(19)15-10-7-6-8-11-15/h6-14H,1-5H3,(H,27,28). The summed E-state index contributed by atoms with van der Waals surface area (Å²) in [4.78, 5) is 31.6. The minimum absolute atomic E-state index is 0.306. The lowest BCUT2D eigenvalue weighted by atomic mass is 10.0. The fourth-order valence-corrected chi connectivity index (χ4v) is 3.64. The van der Waals surface area contributed by atoms with Crippen molar-refractivity contribution in [1.29, 1.82) is 0 Å². The van der Waals surface area contributed by atoms with Gasteiger partial charge in [0.15, 0.2) is 0 Å². The van der Waals surface area contributed by atoms with Crippen LogP contribution >= 0.6 is 0 Å². The highest BCUT2D eigenvalue weighted by Crippen LogP contribution is 2.30. The lowest BCUT2D eigenvalue weighted by Crippen LogP contribution is -2.47.